The van der Waals surface area contributed by atoms with Crippen LogP contribution in [0.3, 0.4) is 0 Å². The van der Waals surface area contributed by atoms with Crippen molar-refractivity contribution < 1.29 is 0 Å². The normalized spacial score (nSPS) is 16.0. The van der Waals surface area contributed by atoms with Crippen LogP contribution in [-0.2, 0) is 10.8 Å². The third-order valence-electron chi connectivity index (χ3n) is 6.07. The Balaban J connectivity index is 1.82. The molecule has 1 heterocycles. The fourth-order valence-electron chi connectivity index (χ4n) is 3.95. The van der Waals surface area contributed by atoms with E-state index < -0.39 is 5.41 Å². The highest BCUT2D eigenvalue weighted by Crippen LogP contribution is 2.42. The van der Waals surface area contributed by atoms with Crippen molar-refractivity contribution >= 4 is 0 Å². The van der Waals surface area contributed by atoms with Crippen molar-refractivity contribution in [2.24, 2.45) is 5.92 Å². The molecule has 1 aliphatic rings. The molecule has 2 heteroatoms. The quantitative estimate of drug-likeness (QED) is 0.686. The molecule has 0 amide bonds. The van der Waals surface area contributed by atoms with Crippen LogP contribution in [0.2, 0.25) is 0 Å². The van der Waals surface area contributed by atoms with Crippen LogP contribution in [0.1, 0.15) is 64.5 Å². The number of nitrogens with zero attached hydrogens (tertiary/aromatic N) is 2. The van der Waals surface area contributed by atoms with Crippen LogP contribution in [0.25, 0.3) is 11.3 Å². The third kappa shape index (κ3) is 3.47. The molecule has 1 saturated carbocycles. The summed E-state index contributed by atoms with van der Waals surface area (Å²) >= 11 is 0. The lowest BCUT2D eigenvalue weighted by Gasteiger charge is -2.32. The van der Waals surface area contributed by atoms with Crippen LogP contribution < -0.4 is 0 Å². The molecule has 2 nitrogen and oxygen atoms in total. The maximum absolute atomic E-state index is 9.25. The van der Waals surface area contributed by atoms with Crippen LogP contribution in [0.15, 0.2) is 42.6 Å². The first kappa shape index (κ1) is 17.7. The van der Waals surface area contributed by atoms with Crippen molar-refractivity contribution in [1.82, 2.24) is 4.98 Å². The standard InChI is InChI=1S/C23H28N2/c1-22(2,16-24)20-13-14-21(25-15-20)17-9-11-19(12-10-17)23(3,4)18-7-5-6-8-18/h9-15,18H,5-8H2,1-4H3. The lowest BCUT2D eigenvalue weighted by atomic mass is 9.72. The first-order chi connectivity index (χ1) is 11.8. The Morgan fingerprint density at radius 3 is 2.04 bits per heavy atom. The molecule has 0 saturated heterocycles. The van der Waals surface area contributed by atoms with Gasteiger partial charge in [0.1, 0.15) is 0 Å². The zero-order valence-electron chi connectivity index (χ0n) is 15.8. The number of hydrogen-bond donors (Lipinski definition) is 0. The smallest absolute Gasteiger partial charge is 0.0781 e. The van der Waals surface area contributed by atoms with Gasteiger partial charge in [0.25, 0.3) is 0 Å². The van der Waals surface area contributed by atoms with E-state index in [1.165, 1.54) is 31.2 Å². The molecule has 1 aromatic heterocycles. The van der Waals surface area contributed by atoms with Crippen molar-refractivity contribution in [1.29, 1.82) is 5.26 Å². The van der Waals surface area contributed by atoms with Gasteiger partial charge in [0.05, 0.1) is 17.2 Å². The lowest BCUT2D eigenvalue weighted by Crippen LogP contribution is -2.26. The van der Waals surface area contributed by atoms with Crippen molar-refractivity contribution in [3.05, 3.63) is 53.7 Å². The summed E-state index contributed by atoms with van der Waals surface area (Å²) in [6.45, 7) is 8.61. The molecule has 0 unspecified atom stereocenters. The van der Waals surface area contributed by atoms with Crippen LogP contribution in [0, 0.1) is 17.2 Å². The van der Waals surface area contributed by atoms with Crippen LogP contribution in [-0.4, -0.2) is 4.98 Å². The molecule has 0 bridgehead atoms. The minimum Gasteiger partial charge on any atom is -0.256 e. The number of nitriles is 1. The maximum Gasteiger partial charge on any atom is 0.0781 e. The Bertz CT molecular complexity index is 755. The first-order valence-electron chi connectivity index (χ1n) is 9.33. The van der Waals surface area contributed by atoms with Crippen molar-refractivity contribution in [3.8, 4) is 17.3 Å². The minimum atomic E-state index is -0.499. The number of rotatable bonds is 4. The second-order valence-corrected chi connectivity index (χ2v) is 8.45. The van der Waals surface area contributed by atoms with Gasteiger partial charge in [-0.05, 0) is 55.2 Å². The molecule has 1 aromatic carbocycles. The second-order valence-electron chi connectivity index (χ2n) is 8.45. The highest BCUT2D eigenvalue weighted by Gasteiger charge is 2.33. The van der Waals surface area contributed by atoms with Crippen LogP contribution in [0.4, 0.5) is 0 Å². The van der Waals surface area contributed by atoms with E-state index in [9.17, 15) is 5.26 Å². The molecule has 1 aliphatic carbocycles. The molecule has 25 heavy (non-hydrogen) atoms. The van der Waals surface area contributed by atoms with Gasteiger partial charge in [-0.25, -0.2) is 0 Å². The monoisotopic (exact) mass is 332 g/mol. The fraction of sp³-hybridized carbons (Fsp3) is 0.478. The largest absolute Gasteiger partial charge is 0.256 e. The van der Waals surface area contributed by atoms with Gasteiger partial charge < -0.3 is 0 Å². The Morgan fingerprint density at radius 1 is 0.920 bits per heavy atom. The number of aromatic nitrogens is 1. The van der Waals surface area contributed by atoms with Gasteiger partial charge in [-0.1, -0.05) is 57.0 Å². The van der Waals surface area contributed by atoms with Crippen molar-refractivity contribution in [2.45, 2.75) is 64.2 Å². The summed E-state index contributed by atoms with van der Waals surface area (Å²) in [5.74, 6) is 0.795. The summed E-state index contributed by atoms with van der Waals surface area (Å²) in [5, 5.41) is 9.25. The summed E-state index contributed by atoms with van der Waals surface area (Å²) in [5.41, 5.74) is 4.21. The van der Waals surface area contributed by atoms with Gasteiger partial charge in [0, 0.05) is 11.8 Å². The first-order valence-corrected chi connectivity index (χ1v) is 9.33. The molecular weight excluding hydrogens is 304 g/mol. The molecule has 3 rings (SSSR count). The summed E-state index contributed by atoms with van der Waals surface area (Å²) in [4.78, 5) is 4.58. The van der Waals surface area contributed by atoms with E-state index in [0.29, 0.717) is 0 Å². The molecule has 0 spiro atoms. The molecular formula is C23H28N2. The van der Waals surface area contributed by atoms with Gasteiger partial charge >= 0.3 is 0 Å². The molecule has 1 fully saturated rings. The summed E-state index contributed by atoms with van der Waals surface area (Å²) in [7, 11) is 0. The van der Waals surface area contributed by atoms with E-state index in [1.54, 1.807) is 0 Å². The highest BCUT2D eigenvalue weighted by atomic mass is 14.7. The highest BCUT2D eigenvalue weighted by molar-refractivity contribution is 5.60. The number of pyridine rings is 1. The van der Waals surface area contributed by atoms with Gasteiger partial charge in [-0.2, -0.15) is 5.26 Å². The van der Waals surface area contributed by atoms with E-state index in [0.717, 1.165) is 22.7 Å². The second kappa shape index (κ2) is 6.64. The molecule has 2 aromatic rings. The van der Waals surface area contributed by atoms with Crippen LogP contribution >= 0.6 is 0 Å². The molecule has 130 valence electrons. The Hall–Kier alpha value is -2.14. The van der Waals surface area contributed by atoms with E-state index >= 15 is 0 Å². The summed E-state index contributed by atoms with van der Waals surface area (Å²) in [6, 6.07) is 15.3. The van der Waals surface area contributed by atoms with Gasteiger partial charge in [0.15, 0.2) is 0 Å². The average molecular weight is 332 g/mol. The summed E-state index contributed by atoms with van der Waals surface area (Å²) < 4.78 is 0. The average Bonchev–Trinajstić information content (AvgIpc) is 3.17. The third-order valence-corrected chi connectivity index (χ3v) is 6.07. The Morgan fingerprint density at radius 2 is 1.52 bits per heavy atom. The topological polar surface area (TPSA) is 36.7 Å². The molecule has 0 N–H and O–H groups in total. The number of hydrogen-bond acceptors (Lipinski definition) is 2. The zero-order valence-corrected chi connectivity index (χ0v) is 15.8. The minimum absolute atomic E-state index is 0.239. The van der Waals surface area contributed by atoms with Gasteiger partial charge in [-0.15, -0.1) is 0 Å². The van der Waals surface area contributed by atoms with Gasteiger partial charge in [0.2, 0.25) is 0 Å². The van der Waals surface area contributed by atoms with Crippen LogP contribution in [0.5, 0.6) is 0 Å². The van der Waals surface area contributed by atoms with Gasteiger partial charge in [-0.3, -0.25) is 4.98 Å². The maximum atomic E-state index is 9.25. The zero-order chi connectivity index (χ0) is 18.1. The van der Waals surface area contributed by atoms with E-state index in [4.69, 9.17) is 0 Å². The summed E-state index contributed by atoms with van der Waals surface area (Å²) in [6.07, 6.45) is 7.29. The number of benzene rings is 1. The lowest BCUT2D eigenvalue weighted by molar-refractivity contribution is 0.325. The fourth-order valence-corrected chi connectivity index (χ4v) is 3.95. The molecule has 0 aliphatic heterocycles. The molecule has 0 radical (unpaired) electrons. The Kier molecular flexibility index (Phi) is 4.69. The van der Waals surface area contributed by atoms with Crippen molar-refractivity contribution in [2.75, 3.05) is 0 Å². The van der Waals surface area contributed by atoms with E-state index in [1.807, 2.05) is 32.2 Å². The predicted molar refractivity (Wildman–Crippen MR) is 103 cm³/mol. The Labute approximate surface area is 151 Å². The SMILES string of the molecule is CC(C)(C#N)c1ccc(-c2ccc(C(C)(C)C3CCCC3)cc2)nc1. The van der Waals surface area contributed by atoms with E-state index in [-0.39, 0.29) is 5.41 Å². The van der Waals surface area contributed by atoms with Crippen molar-refractivity contribution in [3.63, 3.8) is 0 Å². The predicted octanol–water partition coefficient (Wildman–Crippen LogP) is 6.02. The van der Waals surface area contributed by atoms with E-state index in [2.05, 4.69) is 49.2 Å². The molecule has 0 atom stereocenters.